The predicted molar refractivity (Wildman–Crippen MR) is 55.1 cm³/mol. The van der Waals surface area contributed by atoms with Gasteiger partial charge in [-0.3, -0.25) is 0 Å². The molecule has 0 N–H and O–H groups in total. The number of hydrogen-bond donors (Lipinski definition) is 0. The molecule has 0 heteroatoms. The van der Waals surface area contributed by atoms with Crippen LogP contribution in [0.4, 0.5) is 0 Å². The molecule has 0 aromatic rings. The normalized spacial score (nSPS) is 43.2. The molecule has 0 heterocycles. The molecule has 1 fully saturated rings. The molecule has 72 valence electrons. The minimum Gasteiger partial charge on any atom is -0.0628 e. The monoisotopic (exact) mass is 168 g/mol. The van der Waals surface area contributed by atoms with E-state index in [-0.39, 0.29) is 0 Å². The molecule has 3 unspecified atom stereocenters. The second kappa shape index (κ2) is 3.05. The summed E-state index contributed by atoms with van der Waals surface area (Å²) in [5.74, 6) is 3.66. The Kier molecular flexibility index (Phi) is 2.56. The van der Waals surface area contributed by atoms with E-state index >= 15 is 0 Å². The van der Waals surface area contributed by atoms with Crippen LogP contribution in [0.25, 0.3) is 0 Å². The van der Waals surface area contributed by atoms with Gasteiger partial charge < -0.3 is 0 Å². The summed E-state index contributed by atoms with van der Waals surface area (Å²) >= 11 is 0. The van der Waals surface area contributed by atoms with E-state index in [9.17, 15) is 0 Å². The standard InChI is InChI=1S/C12H24/c1-8(2)7-9(3)12(6)10(4)11(12)5/h8-11H,7H2,1-6H3. The SMILES string of the molecule is CC(C)CC(C)C1(C)C(C)C1C. The average Bonchev–Trinajstić information content (AvgIpc) is 2.41. The van der Waals surface area contributed by atoms with E-state index in [0.717, 1.165) is 23.7 Å². The van der Waals surface area contributed by atoms with Crippen molar-refractivity contribution in [1.82, 2.24) is 0 Å². The van der Waals surface area contributed by atoms with Gasteiger partial charge in [-0.2, -0.15) is 0 Å². The van der Waals surface area contributed by atoms with Gasteiger partial charge in [-0.25, -0.2) is 0 Å². The average molecular weight is 168 g/mol. The van der Waals surface area contributed by atoms with Gasteiger partial charge >= 0.3 is 0 Å². The molecule has 3 atom stereocenters. The van der Waals surface area contributed by atoms with Gasteiger partial charge in [0.05, 0.1) is 0 Å². The third kappa shape index (κ3) is 1.41. The lowest BCUT2D eigenvalue weighted by Crippen LogP contribution is -2.14. The zero-order valence-corrected chi connectivity index (χ0v) is 9.52. The summed E-state index contributed by atoms with van der Waals surface area (Å²) in [6, 6.07) is 0. The molecule has 0 radical (unpaired) electrons. The smallest absolute Gasteiger partial charge is 0.0243 e. The van der Waals surface area contributed by atoms with Crippen LogP contribution in [0.2, 0.25) is 0 Å². The highest BCUT2D eigenvalue weighted by Crippen LogP contribution is 2.63. The Labute approximate surface area is 77.7 Å². The molecule has 0 aliphatic heterocycles. The van der Waals surface area contributed by atoms with Crippen LogP contribution in [0.5, 0.6) is 0 Å². The first-order chi connectivity index (χ1) is 5.40. The summed E-state index contributed by atoms with van der Waals surface area (Å²) in [4.78, 5) is 0. The van der Waals surface area contributed by atoms with Gasteiger partial charge in [0.25, 0.3) is 0 Å². The fourth-order valence-corrected chi connectivity index (χ4v) is 2.87. The van der Waals surface area contributed by atoms with Crippen LogP contribution in [0, 0.1) is 29.1 Å². The first kappa shape index (κ1) is 10.1. The Morgan fingerprint density at radius 2 is 1.50 bits per heavy atom. The summed E-state index contributed by atoms with van der Waals surface area (Å²) in [6.45, 7) is 14.4. The summed E-state index contributed by atoms with van der Waals surface area (Å²) in [5, 5.41) is 0. The highest BCUT2D eigenvalue weighted by molar-refractivity contribution is 5.05. The van der Waals surface area contributed by atoms with Crippen LogP contribution in [-0.2, 0) is 0 Å². The third-order valence-electron chi connectivity index (χ3n) is 4.49. The molecule has 0 saturated heterocycles. The summed E-state index contributed by atoms with van der Waals surface area (Å²) in [7, 11) is 0. The van der Waals surface area contributed by atoms with Crippen molar-refractivity contribution in [3.63, 3.8) is 0 Å². The first-order valence-corrected chi connectivity index (χ1v) is 5.40. The molecule has 0 aromatic heterocycles. The topological polar surface area (TPSA) is 0 Å². The van der Waals surface area contributed by atoms with Gasteiger partial charge in [0.2, 0.25) is 0 Å². The Hall–Kier alpha value is 0. The maximum atomic E-state index is 2.47. The second-order valence-electron chi connectivity index (χ2n) is 5.47. The van der Waals surface area contributed by atoms with Gasteiger partial charge in [0, 0.05) is 0 Å². The summed E-state index contributed by atoms with van der Waals surface area (Å²) in [5.41, 5.74) is 0.657. The molecule has 0 nitrogen and oxygen atoms in total. The van der Waals surface area contributed by atoms with Crippen molar-refractivity contribution in [3.8, 4) is 0 Å². The van der Waals surface area contributed by atoms with Crippen molar-refractivity contribution in [2.75, 3.05) is 0 Å². The van der Waals surface area contributed by atoms with Crippen LogP contribution >= 0.6 is 0 Å². The largest absolute Gasteiger partial charge is 0.0628 e. The molecule has 1 rings (SSSR count). The van der Waals surface area contributed by atoms with Gasteiger partial charge in [0.1, 0.15) is 0 Å². The summed E-state index contributed by atoms with van der Waals surface area (Å²) in [6.07, 6.45) is 1.39. The van der Waals surface area contributed by atoms with E-state index < -0.39 is 0 Å². The van der Waals surface area contributed by atoms with Crippen molar-refractivity contribution >= 4 is 0 Å². The Balaban J connectivity index is 2.49. The Morgan fingerprint density at radius 3 is 1.75 bits per heavy atom. The molecule has 1 aliphatic rings. The fourth-order valence-electron chi connectivity index (χ4n) is 2.87. The van der Waals surface area contributed by atoms with E-state index in [0.29, 0.717) is 5.41 Å². The Bertz CT molecular complexity index is 149. The fraction of sp³-hybridized carbons (Fsp3) is 1.00. The lowest BCUT2D eigenvalue weighted by Gasteiger charge is -2.22. The molecule has 1 aliphatic carbocycles. The molecule has 12 heavy (non-hydrogen) atoms. The van der Waals surface area contributed by atoms with Gasteiger partial charge in [-0.1, -0.05) is 41.5 Å². The second-order valence-corrected chi connectivity index (χ2v) is 5.47. The van der Waals surface area contributed by atoms with Gasteiger partial charge in [-0.15, -0.1) is 0 Å². The van der Waals surface area contributed by atoms with Crippen molar-refractivity contribution in [3.05, 3.63) is 0 Å². The maximum absolute atomic E-state index is 2.47. The molecule has 0 amide bonds. The van der Waals surface area contributed by atoms with E-state index in [1.54, 1.807) is 0 Å². The van der Waals surface area contributed by atoms with E-state index in [1.807, 2.05) is 0 Å². The maximum Gasteiger partial charge on any atom is -0.0243 e. The zero-order valence-electron chi connectivity index (χ0n) is 9.52. The predicted octanol–water partition coefficient (Wildman–Crippen LogP) is 3.96. The Morgan fingerprint density at radius 1 is 1.08 bits per heavy atom. The summed E-state index contributed by atoms with van der Waals surface area (Å²) < 4.78 is 0. The number of hydrogen-bond acceptors (Lipinski definition) is 0. The minimum absolute atomic E-state index is 0.657. The molecule has 0 aromatic carbocycles. The molecule has 0 spiro atoms. The van der Waals surface area contributed by atoms with Crippen molar-refractivity contribution in [1.29, 1.82) is 0 Å². The van der Waals surface area contributed by atoms with Gasteiger partial charge in [0.15, 0.2) is 0 Å². The molecule has 1 saturated carbocycles. The highest BCUT2D eigenvalue weighted by Gasteiger charge is 2.57. The van der Waals surface area contributed by atoms with Crippen molar-refractivity contribution < 1.29 is 0 Å². The van der Waals surface area contributed by atoms with Crippen LogP contribution in [0.1, 0.15) is 48.0 Å². The third-order valence-corrected chi connectivity index (χ3v) is 4.49. The van der Waals surface area contributed by atoms with Crippen LogP contribution in [0.3, 0.4) is 0 Å². The minimum atomic E-state index is 0.657. The van der Waals surface area contributed by atoms with E-state index in [2.05, 4.69) is 41.5 Å². The molecular weight excluding hydrogens is 144 g/mol. The van der Waals surface area contributed by atoms with E-state index in [1.165, 1.54) is 6.42 Å². The van der Waals surface area contributed by atoms with Crippen LogP contribution in [0.15, 0.2) is 0 Å². The lowest BCUT2D eigenvalue weighted by molar-refractivity contribution is 0.271. The van der Waals surface area contributed by atoms with Crippen LogP contribution in [-0.4, -0.2) is 0 Å². The van der Waals surface area contributed by atoms with Crippen molar-refractivity contribution in [2.45, 2.75) is 48.0 Å². The first-order valence-electron chi connectivity index (χ1n) is 5.40. The zero-order chi connectivity index (χ0) is 9.52. The van der Waals surface area contributed by atoms with Crippen molar-refractivity contribution in [2.24, 2.45) is 29.1 Å². The van der Waals surface area contributed by atoms with Crippen LogP contribution < -0.4 is 0 Å². The highest BCUT2D eigenvalue weighted by atomic mass is 14.6. The molecule has 0 bridgehead atoms. The van der Waals surface area contributed by atoms with Gasteiger partial charge in [-0.05, 0) is 35.5 Å². The van der Waals surface area contributed by atoms with E-state index in [4.69, 9.17) is 0 Å². The number of rotatable bonds is 3. The lowest BCUT2D eigenvalue weighted by atomic mass is 9.83. The molecular formula is C12H24. The quantitative estimate of drug-likeness (QED) is 0.598.